The highest BCUT2D eigenvalue weighted by molar-refractivity contribution is 6.04. The molecule has 0 bridgehead atoms. The zero-order valence-corrected chi connectivity index (χ0v) is 22.5. The summed E-state index contributed by atoms with van der Waals surface area (Å²) >= 11 is 0. The van der Waals surface area contributed by atoms with Crippen molar-refractivity contribution < 1.29 is 9.59 Å². The van der Waals surface area contributed by atoms with Crippen molar-refractivity contribution in [3.05, 3.63) is 59.4 Å². The molecule has 2 aromatic rings. The second-order valence-electron chi connectivity index (χ2n) is 11.5. The Balaban J connectivity index is 1.80. The van der Waals surface area contributed by atoms with Crippen LogP contribution in [0.3, 0.4) is 0 Å². The standard InChI is InChI=1S/C30H39N5O2/c1-21-17-22(19-32-18-21)27(28(36)33-24-9-6-5-7-10-24)35(29(37)26-11-8-16-34(26)20-31)25-14-12-23(13-15-25)30(2,3)4/h12-15,17-19,24,26-27H,5-11,16H2,1-4H3,(H,33,36). The minimum Gasteiger partial charge on any atom is -0.351 e. The van der Waals surface area contributed by atoms with Crippen LogP contribution in [0.4, 0.5) is 5.69 Å². The van der Waals surface area contributed by atoms with Crippen molar-refractivity contribution >= 4 is 17.5 Å². The Morgan fingerprint density at radius 1 is 1.08 bits per heavy atom. The first kappa shape index (κ1) is 26.7. The van der Waals surface area contributed by atoms with Crippen LogP contribution >= 0.6 is 0 Å². The van der Waals surface area contributed by atoms with Gasteiger partial charge >= 0.3 is 0 Å². The fourth-order valence-electron chi connectivity index (χ4n) is 5.50. The van der Waals surface area contributed by atoms with E-state index in [1.807, 2.05) is 37.3 Å². The van der Waals surface area contributed by atoms with Crippen LogP contribution in [0, 0.1) is 18.4 Å². The van der Waals surface area contributed by atoms with Crippen LogP contribution in [0.25, 0.3) is 0 Å². The molecule has 2 fully saturated rings. The highest BCUT2D eigenvalue weighted by atomic mass is 16.2. The molecule has 7 heteroatoms. The van der Waals surface area contributed by atoms with Gasteiger partial charge in [0.25, 0.3) is 5.91 Å². The number of aromatic nitrogens is 1. The van der Waals surface area contributed by atoms with E-state index in [1.165, 1.54) is 6.42 Å². The van der Waals surface area contributed by atoms with Crippen LogP contribution in [0.5, 0.6) is 0 Å². The van der Waals surface area contributed by atoms with Gasteiger partial charge in [-0.3, -0.25) is 24.4 Å². The van der Waals surface area contributed by atoms with Gasteiger partial charge in [0.05, 0.1) is 0 Å². The largest absolute Gasteiger partial charge is 0.351 e. The predicted octanol–water partition coefficient (Wildman–Crippen LogP) is 5.16. The lowest BCUT2D eigenvalue weighted by molar-refractivity contribution is -0.128. The molecule has 2 aliphatic rings. The van der Waals surface area contributed by atoms with Gasteiger partial charge in [0.1, 0.15) is 12.1 Å². The van der Waals surface area contributed by atoms with Crippen molar-refractivity contribution in [2.75, 3.05) is 11.4 Å². The zero-order chi connectivity index (χ0) is 26.6. The highest BCUT2D eigenvalue weighted by Gasteiger charge is 2.40. The smallest absolute Gasteiger partial charge is 0.251 e. The number of likely N-dealkylation sites (tertiary alicyclic amines) is 1. The molecule has 0 radical (unpaired) electrons. The van der Waals surface area contributed by atoms with Gasteiger partial charge < -0.3 is 5.32 Å². The number of hydrogen-bond donors (Lipinski definition) is 1. The highest BCUT2D eigenvalue weighted by Crippen LogP contribution is 2.34. The third kappa shape index (κ3) is 6.12. The number of nitrogens with one attached hydrogen (secondary N) is 1. The first-order valence-corrected chi connectivity index (χ1v) is 13.5. The molecule has 4 rings (SSSR count). The number of rotatable bonds is 6. The zero-order valence-electron chi connectivity index (χ0n) is 22.5. The normalized spacial score (nSPS) is 19.2. The van der Waals surface area contributed by atoms with E-state index in [0.29, 0.717) is 24.2 Å². The average molecular weight is 502 g/mol. The maximum absolute atomic E-state index is 14.2. The number of hydrogen-bond acceptors (Lipinski definition) is 5. The lowest BCUT2D eigenvalue weighted by Gasteiger charge is -2.36. The summed E-state index contributed by atoms with van der Waals surface area (Å²) in [4.78, 5) is 35.8. The summed E-state index contributed by atoms with van der Waals surface area (Å²) in [6, 6.07) is 8.46. The second kappa shape index (κ2) is 11.3. The molecule has 1 aliphatic heterocycles. The van der Waals surface area contributed by atoms with Crippen LogP contribution in [0.1, 0.15) is 88.4 Å². The molecule has 1 N–H and O–H groups in total. The number of pyridine rings is 1. The Bertz CT molecular complexity index is 1140. The summed E-state index contributed by atoms with van der Waals surface area (Å²) in [7, 11) is 0. The minimum atomic E-state index is -0.886. The van der Waals surface area contributed by atoms with Gasteiger partial charge in [-0.05, 0) is 61.3 Å². The Morgan fingerprint density at radius 2 is 1.78 bits per heavy atom. The van der Waals surface area contributed by atoms with E-state index in [-0.39, 0.29) is 23.3 Å². The van der Waals surface area contributed by atoms with E-state index in [2.05, 4.69) is 37.3 Å². The number of nitriles is 1. The summed E-state index contributed by atoms with van der Waals surface area (Å²) in [6.07, 6.45) is 12.2. The molecular formula is C30H39N5O2. The van der Waals surface area contributed by atoms with Gasteiger partial charge in [-0.1, -0.05) is 58.2 Å². The monoisotopic (exact) mass is 501 g/mol. The van der Waals surface area contributed by atoms with Gasteiger partial charge in [-0.15, -0.1) is 0 Å². The fourth-order valence-corrected chi connectivity index (χ4v) is 5.50. The van der Waals surface area contributed by atoms with Crippen LogP contribution < -0.4 is 10.2 Å². The maximum atomic E-state index is 14.2. The predicted molar refractivity (Wildman–Crippen MR) is 145 cm³/mol. The Hall–Kier alpha value is -3.40. The first-order valence-electron chi connectivity index (χ1n) is 13.5. The van der Waals surface area contributed by atoms with Gasteiger partial charge in [0.15, 0.2) is 6.19 Å². The second-order valence-corrected chi connectivity index (χ2v) is 11.5. The maximum Gasteiger partial charge on any atom is 0.251 e. The molecule has 1 saturated heterocycles. The molecule has 2 amide bonds. The number of carbonyl (C=O) groups excluding carboxylic acids is 2. The molecule has 2 heterocycles. The van der Waals surface area contributed by atoms with Crippen molar-refractivity contribution in [1.29, 1.82) is 5.26 Å². The van der Waals surface area contributed by atoms with E-state index in [9.17, 15) is 14.9 Å². The molecule has 37 heavy (non-hydrogen) atoms. The fraction of sp³-hybridized carbons (Fsp3) is 0.533. The Morgan fingerprint density at radius 3 is 2.41 bits per heavy atom. The molecule has 1 saturated carbocycles. The first-order chi connectivity index (χ1) is 17.7. The number of carbonyl (C=O) groups is 2. The number of amides is 2. The lowest BCUT2D eigenvalue weighted by atomic mass is 9.87. The molecule has 0 spiro atoms. The third-order valence-corrected chi connectivity index (χ3v) is 7.59. The summed E-state index contributed by atoms with van der Waals surface area (Å²) in [5.74, 6) is -0.429. The number of benzene rings is 1. The number of nitrogens with zero attached hydrogens (tertiary/aromatic N) is 4. The summed E-state index contributed by atoms with van der Waals surface area (Å²) in [5, 5.41) is 13.0. The van der Waals surface area contributed by atoms with Gasteiger partial charge in [0.2, 0.25) is 5.91 Å². The Kier molecular flexibility index (Phi) is 8.16. The quantitative estimate of drug-likeness (QED) is 0.553. The van der Waals surface area contributed by atoms with Crippen molar-refractivity contribution in [1.82, 2.24) is 15.2 Å². The summed E-state index contributed by atoms with van der Waals surface area (Å²) in [5.41, 5.74) is 3.33. The number of anilines is 1. The lowest BCUT2D eigenvalue weighted by Crippen LogP contribution is -2.51. The molecule has 2 unspecified atom stereocenters. The van der Waals surface area contributed by atoms with Gasteiger partial charge in [-0.25, -0.2) is 0 Å². The molecule has 1 aromatic carbocycles. The minimum absolute atomic E-state index is 0.0470. The van der Waals surface area contributed by atoms with E-state index in [1.54, 1.807) is 22.2 Å². The average Bonchev–Trinajstić information content (AvgIpc) is 3.36. The van der Waals surface area contributed by atoms with Crippen molar-refractivity contribution in [2.24, 2.45) is 0 Å². The van der Waals surface area contributed by atoms with Crippen molar-refractivity contribution in [2.45, 2.75) is 96.2 Å². The molecule has 1 aromatic heterocycles. The van der Waals surface area contributed by atoms with Gasteiger partial charge in [-0.2, -0.15) is 5.26 Å². The summed E-state index contributed by atoms with van der Waals surface area (Å²) in [6.45, 7) is 8.92. The molecule has 7 nitrogen and oxygen atoms in total. The van der Waals surface area contributed by atoms with Crippen LogP contribution in [-0.2, 0) is 15.0 Å². The van der Waals surface area contributed by atoms with E-state index in [4.69, 9.17) is 0 Å². The molecular weight excluding hydrogens is 462 g/mol. The number of aryl methyl sites for hydroxylation is 1. The molecule has 2 atom stereocenters. The molecule has 196 valence electrons. The van der Waals surface area contributed by atoms with E-state index < -0.39 is 12.1 Å². The SMILES string of the molecule is Cc1cncc(C(C(=O)NC2CCCCC2)N(C(=O)C2CCCN2C#N)c2ccc(C(C)(C)C)cc2)c1. The van der Waals surface area contributed by atoms with E-state index in [0.717, 1.165) is 43.2 Å². The third-order valence-electron chi connectivity index (χ3n) is 7.59. The Labute approximate surface area is 220 Å². The van der Waals surface area contributed by atoms with Crippen molar-refractivity contribution in [3.63, 3.8) is 0 Å². The van der Waals surface area contributed by atoms with Crippen LogP contribution in [0.2, 0.25) is 0 Å². The topological polar surface area (TPSA) is 89.3 Å². The van der Waals surface area contributed by atoms with E-state index >= 15 is 0 Å². The van der Waals surface area contributed by atoms with Crippen molar-refractivity contribution in [3.8, 4) is 6.19 Å². The summed E-state index contributed by atoms with van der Waals surface area (Å²) < 4.78 is 0. The van der Waals surface area contributed by atoms with Crippen LogP contribution in [-0.4, -0.2) is 40.3 Å². The molecule has 1 aliphatic carbocycles. The van der Waals surface area contributed by atoms with Gasteiger partial charge in [0, 0.05) is 36.2 Å². The van der Waals surface area contributed by atoms with Crippen LogP contribution in [0.15, 0.2) is 42.7 Å².